The van der Waals surface area contributed by atoms with Crippen LogP contribution in [0.1, 0.15) is 25.8 Å². The number of hydrogen-bond donors (Lipinski definition) is 1. The number of nitrogens with zero attached hydrogens (tertiary/aromatic N) is 2. The Morgan fingerprint density at radius 3 is 2.88 bits per heavy atom. The minimum Gasteiger partial charge on any atom is -0.310 e. The topological polar surface area (TPSA) is 28.2 Å². The fraction of sp³-hybridized carbons (Fsp3) is 0.643. The molecule has 1 aromatic heterocycles. The number of pyridine rings is 1. The average molecular weight is 233 g/mol. The predicted octanol–water partition coefficient (Wildman–Crippen LogP) is 1.70. The van der Waals surface area contributed by atoms with Gasteiger partial charge in [0.05, 0.1) is 0 Å². The van der Waals surface area contributed by atoms with Crippen LogP contribution in [0.3, 0.4) is 0 Å². The van der Waals surface area contributed by atoms with Crippen LogP contribution >= 0.6 is 0 Å². The Hall–Kier alpha value is -0.930. The Labute approximate surface area is 104 Å². The maximum atomic E-state index is 4.05. The maximum Gasteiger partial charge on any atom is 0.0270 e. The van der Waals surface area contributed by atoms with Crippen molar-refractivity contribution in [2.45, 2.75) is 38.8 Å². The molecular weight excluding hydrogens is 210 g/mol. The molecule has 0 aromatic carbocycles. The van der Waals surface area contributed by atoms with E-state index in [1.807, 2.05) is 12.4 Å². The number of likely N-dealkylation sites (tertiary alicyclic amines) is 1. The Bertz CT molecular complexity index is 323. The predicted molar refractivity (Wildman–Crippen MR) is 71.1 cm³/mol. The number of rotatable bonds is 5. The van der Waals surface area contributed by atoms with E-state index in [-0.39, 0.29) is 0 Å². The van der Waals surface area contributed by atoms with Crippen LogP contribution in [0, 0.1) is 0 Å². The zero-order valence-corrected chi connectivity index (χ0v) is 10.9. The normalized spacial score (nSPS) is 21.2. The molecule has 3 heteroatoms. The maximum absolute atomic E-state index is 4.05. The highest BCUT2D eigenvalue weighted by Crippen LogP contribution is 2.10. The van der Waals surface area contributed by atoms with E-state index in [1.54, 1.807) is 0 Å². The molecule has 1 aliphatic rings. The van der Waals surface area contributed by atoms with Crippen molar-refractivity contribution >= 4 is 0 Å². The monoisotopic (exact) mass is 233 g/mol. The summed E-state index contributed by atoms with van der Waals surface area (Å²) in [4.78, 5) is 6.60. The van der Waals surface area contributed by atoms with Gasteiger partial charge in [-0.2, -0.15) is 0 Å². The van der Waals surface area contributed by atoms with Crippen molar-refractivity contribution in [2.24, 2.45) is 0 Å². The molecule has 0 amide bonds. The van der Waals surface area contributed by atoms with Crippen molar-refractivity contribution in [1.29, 1.82) is 0 Å². The second kappa shape index (κ2) is 6.12. The molecule has 0 saturated carbocycles. The van der Waals surface area contributed by atoms with Gasteiger partial charge >= 0.3 is 0 Å². The van der Waals surface area contributed by atoms with Crippen molar-refractivity contribution < 1.29 is 0 Å². The first-order valence-corrected chi connectivity index (χ1v) is 6.61. The largest absolute Gasteiger partial charge is 0.310 e. The van der Waals surface area contributed by atoms with Gasteiger partial charge in [-0.1, -0.05) is 13.8 Å². The van der Waals surface area contributed by atoms with E-state index in [1.165, 1.54) is 31.6 Å². The lowest BCUT2D eigenvalue weighted by molar-refractivity contribution is 0.328. The van der Waals surface area contributed by atoms with Gasteiger partial charge in [-0.05, 0) is 37.1 Å². The van der Waals surface area contributed by atoms with E-state index in [2.05, 4.69) is 41.2 Å². The molecule has 1 aliphatic heterocycles. The third kappa shape index (κ3) is 4.10. The lowest BCUT2D eigenvalue weighted by atomic mass is 10.2. The van der Waals surface area contributed by atoms with E-state index < -0.39 is 0 Å². The third-order valence-electron chi connectivity index (χ3n) is 3.31. The molecule has 17 heavy (non-hydrogen) atoms. The quantitative estimate of drug-likeness (QED) is 0.839. The molecule has 0 bridgehead atoms. The molecule has 0 aliphatic carbocycles. The number of aromatic nitrogens is 1. The molecule has 2 heterocycles. The summed E-state index contributed by atoms with van der Waals surface area (Å²) >= 11 is 0. The van der Waals surface area contributed by atoms with Crippen LogP contribution in [0.15, 0.2) is 24.5 Å². The van der Waals surface area contributed by atoms with Crippen LogP contribution in [0.2, 0.25) is 0 Å². The molecular formula is C14H23N3. The Morgan fingerprint density at radius 2 is 2.18 bits per heavy atom. The third-order valence-corrected chi connectivity index (χ3v) is 3.31. The lowest BCUT2D eigenvalue weighted by Crippen LogP contribution is -2.37. The van der Waals surface area contributed by atoms with Gasteiger partial charge in [0, 0.05) is 37.6 Å². The van der Waals surface area contributed by atoms with Crippen molar-refractivity contribution in [3.8, 4) is 0 Å². The Balaban J connectivity index is 1.71. The summed E-state index contributed by atoms with van der Waals surface area (Å²) in [6.07, 6.45) is 6.18. The molecule has 3 nitrogen and oxygen atoms in total. The molecule has 1 fully saturated rings. The van der Waals surface area contributed by atoms with Crippen LogP contribution in [0.25, 0.3) is 0 Å². The Kier molecular flexibility index (Phi) is 4.51. The molecule has 1 unspecified atom stereocenters. The van der Waals surface area contributed by atoms with Crippen LogP contribution in [0.5, 0.6) is 0 Å². The molecule has 1 N–H and O–H groups in total. The summed E-state index contributed by atoms with van der Waals surface area (Å²) in [5.74, 6) is 0. The first-order valence-electron chi connectivity index (χ1n) is 6.61. The molecule has 94 valence electrons. The van der Waals surface area contributed by atoms with Gasteiger partial charge in [0.1, 0.15) is 0 Å². The second-order valence-corrected chi connectivity index (χ2v) is 5.21. The number of hydrogen-bond acceptors (Lipinski definition) is 3. The molecule has 1 saturated heterocycles. The van der Waals surface area contributed by atoms with Gasteiger partial charge in [-0.15, -0.1) is 0 Å². The van der Waals surface area contributed by atoms with Gasteiger partial charge in [0.15, 0.2) is 0 Å². The molecule has 1 atom stereocenters. The molecule has 0 spiro atoms. The zero-order valence-electron chi connectivity index (χ0n) is 10.9. The van der Waals surface area contributed by atoms with Gasteiger partial charge in [0.2, 0.25) is 0 Å². The highest BCUT2D eigenvalue weighted by atomic mass is 15.2. The van der Waals surface area contributed by atoms with Crippen molar-refractivity contribution in [2.75, 3.05) is 19.6 Å². The SMILES string of the molecule is CC(C)NC1CCN(CCc2ccncc2)C1. The molecule has 0 radical (unpaired) electrons. The van der Waals surface area contributed by atoms with E-state index in [4.69, 9.17) is 0 Å². The zero-order chi connectivity index (χ0) is 12.1. The van der Waals surface area contributed by atoms with Crippen LogP contribution < -0.4 is 5.32 Å². The average Bonchev–Trinajstić information content (AvgIpc) is 2.75. The minimum absolute atomic E-state index is 0.597. The summed E-state index contributed by atoms with van der Waals surface area (Å²) in [5.41, 5.74) is 1.39. The van der Waals surface area contributed by atoms with E-state index in [0.29, 0.717) is 12.1 Å². The smallest absolute Gasteiger partial charge is 0.0270 e. The summed E-state index contributed by atoms with van der Waals surface area (Å²) in [6, 6.07) is 5.51. The van der Waals surface area contributed by atoms with Crippen LogP contribution in [-0.4, -0.2) is 41.6 Å². The van der Waals surface area contributed by atoms with Gasteiger partial charge in [-0.25, -0.2) is 0 Å². The van der Waals surface area contributed by atoms with Gasteiger partial charge < -0.3 is 10.2 Å². The second-order valence-electron chi connectivity index (χ2n) is 5.21. The lowest BCUT2D eigenvalue weighted by Gasteiger charge is -2.18. The van der Waals surface area contributed by atoms with Gasteiger partial charge in [-0.3, -0.25) is 4.98 Å². The summed E-state index contributed by atoms with van der Waals surface area (Å²) in [6.45, 7) is 8.04. The first kappa shape index (κ1) is 12.5. The van der Waals surface area contributed by atoms with E-state index >= 15 is 0 Å². The van der Waals surface area contributed by atoms with Crippen LogP contribution in [-0.2, 0) is 6.42 Å². The standard InChI is InChI=1S/C14H23N3/c1-12(2)16-14-6-10-17(11-14)9-5-13-3-7-15-8-4-13/h3-4,7-8,12,14,16H,5-6,9-11H2,1-2H3. The number of nitrogens with one attached hydrogen (secondary N) is 1. The van der Waals surface area contributed by atoms with Crippen LogP contribution in [0.4, 0.5) is 0 Å². The van der Waals surface area contributed by atoms with Crippen molar-refractivity contribution in [3.05, 3.63) is 30.1 Å². The Morgan fingerprint density at radius 1 is 1.41 bits per heavy atom. The summed E-state index contributed by atoms with van der Waals surface area (Å²) in [5, 5.41) is 3.62. The van der Waals surface area contributed by atoms with Gasteiger partial charge in [0.25, 0.3) is 0 Å². The van der Waals surface area contributed by atoms with E-state index in [9.17, 15) is 0 Å². The first-order chi connectivity index (χ1) is 8.24. The highest BCUT2D eigenvalue weighted by molar-refractivity contribution is 5.10. The fourth-order valence-corrected chi connectivity index (χ4v) is 2.48. The minimum atomic E-state index is 0.597. The van der Waals surface area contributed by atoms with Crippen molar-refractivity contribution in [1.82, 2.24) is 15.2 Å². The van der Waals surface area contributed by atoms with Crippen molar-refractivity contribution in [3.63, 3.8) is 0 Å². The highest BCUT2D eigenvalue weighted by Gasteiger charge is 2.21. The fourth-order valence-electron chi connectivity index (χ4n) is 2.48. The van der Waals surface area contributed by atoms with E-state index in [0.717, 1.165) is 6.42 Å². The molecule has 2 rings (SSSR count). The molecule has 1 aromatic rings. The summed E-state index contributed by atoms with van der Waals surface area (Å²) < 4.78 is 0. The summed E-state index contributed by atoms with van der Waals surface area (Å²) in [7, 11) is 0.